The molecule has 0 aliphatic heterocycles. The van der Waals surface area contributed by atoms with E-state index in [4.69, 9.17) is 24.2 Å². The number of hydrogen-bond donors (Lipinski definition) is 1. The minimum absolute atomic E-state index is 0.413. The van der Waals surface area contributed by atoms with Crippen LogP contribution in [-0.4, -0.2) is 38.8 Å². The molecule has 0 bridgehead atoms. The van der Waals surface area contributed by atoms with Gasteiger partial charge in [0, 0.05) is 6.07 Å². The minimum atomic E-state index is -0.920. The molecule has 2 rings (SSSR count). The van der Waals surface area contributed by atoms with Gasteiger partial charge in [-0.05, 0) is 43.3 Å². The molecule has 2 aromatic rings. The number of nitrogens with one attached hydrogen (secondary N) is 1. The monoisotopic (exact) mass is 384 g/mol. The van der Waals surface area contributed by atoms with E-state index in [1.165, 1.54) is 21.1 Å². The molecular formula is C20H20N2O6. The molecule has 2 aromatic carbocycles. The van der Waals surface area contributed by atoms with Crippen molar-refractivity contribution in [2.45, 2.75) is 13.0 Å². The second-order valence-electron chi connectivity index (χ2n) is 5.62. The molecule has 0 heterocycles. The Morgan fingerprint density at radius 3 is 2.36 bits per heavy atom. The SMILES string of the molecule is COc1ccc(NC(=O)COC(=O)[C@H](C)Oc2ccc(C#N)cc2)c(OC)c1. The van der Waals surface area contributed by atoms with Crippen LogP contribution in [0.3, 0.4) is 0 Å². The first-order valence-electron chi connectivity index (χ1n) is 8.32. The summed E-state index contributed by atoms with van der Waals surface area (Å²) in [6.07, 6.45) is -0.920. The Morgan fingerprint density at radius 2 is 1.75 bits per heavy atom. The van der Waals surface area contributed by atoms with Crippen molar-refractivity contribution < 1.29 is 28.5 Å². The van der Waals surface area contributed by atoms with Gasteiger partial charge in [-0.2, -0.15) is 5.26 Å². The lowest BCUT2D eigenvalue weighted by atomic mass is 10.2. The third-order valence-electron chi connectivity index (χ3n) is 3.66. The highest BCUT2D eigenvalue weighted by Crippen LogP contribution is 2.28. The smallest absolute Gasteiger partial charge is 0.347 e. The lowest BCUT2D eigenvalue weighted by molar-refractivity contribution is -0.153. The third-order valence-corrected chi connectivity index (χ3v) is 3.66. The van der Waals surface area contributed by atoms with E-state index < -0.39 is 24.6 Å². The topological polar surface area (TPSA) is 107 Å². The molecule has 0 fully saturated rings. The maximum absolute atomic E-state index is 12.0. The zero-order valence-corrected chi connectivity index (χ0v) is 15.7. The van der Waals surface area contributed by atoms with E-state index in [2.05, 4.69) is 5.32 Å². The summed E-state index contributed by atoms with van der Waals surface area (Å²) in [4.78, 5) is 24.1. The Kier molecular flexibility index (Phi) is 7.22. The predicted molar refractivity (Wildman–Crippen MR) is 100 cm³/mol. The van der Waals surface area contributed by atoms with E-state index in [9.17, 15) is 9.59 Å². The van der Waals surface area contributed by atoms with E-state index in [0.29, 0.717) is 28.5 Å². The summed E-state index contributed by atoms with van der Waals surface area (Å²) < 4.78 is 20.7. The van der Waals surface area contributed by atoms with Crippen LogP contribution in [0.5, 0.6) is 17.2 Å². The second kappa shape index (κ2) is 9.83. The van der Waals surface area contributed by atoms with E-state index >= 15 is 0 Å². The Bertz CT molecular complexity index is 873. The van der Waals surface area contributed by atoms with Crippen LogP contribution in [0.25, 0.3) is 0 Å². The lowest BCUT2D eigenvalue weighted by Crippen LogP contribution is -2.29. The highest BCUT2D eigenvalue weighted by molar-refractivity contribution is 5.94. The van der Waals surface area contributed by atoms with Crippen LogP contribution >= 0.6 is 0 Å². The maximum Gasteiger partial charge on any atom is 0.347 e. The Hall–Kier alpha value is -3.73. The number of nitrogens with zero attached hydrogens (tertiary/aromatic N) is 1. The number of anilines is 1. The highest BCUT2D eigenvalue weighted by atomic mass is 16.6. The van der Waals surface area contributed by atoms with Crippen LogP contribution < -0.4 is 19.5 Å². The number of ether oxygens (including phenoxy) is 4. The summed E-state index contributed by atoms with van der Waals surface area (Å²) in [5.74, 6) is 0.186. The summed E-state index contributed by atoms with van der Waals surface area (Å²) in [6, 6.07) is 13.2. The molecule has 0 aromatic heterocycles. The fourth-order valence-electron chi connectivity index (χ4n) is 2.20. The van der Waals surface area contributed by atoms with Crippen molar-refractivity contribution >= 4 is 17.6 Å². The third kappa shape index (κ3) is 5.64. The normalized spacial score (nSPS) is 10.9. The van der Waals surface area contributed by atoms with Gasteiger partial charge in [0.05, 0.1) is 31.5 Å². The Labute approximate surface area is 162 Å². The molecule has 146 valence electrons. The van der Waals surface area contributed by atoms with Gasteiger partial charge >= 0.3 is 5.97 Å². The molecule has 0 unspecified atom stereocenters. The second-order valence-corrected chi connectivity index (χ2v) is 5.62. The van der Waals surface area contributed by atoms with Crippen LogP contribution in [0.15, 0.2) is 42.5 Å². The van der Waals surface area contributed by atoms with Crippen LogP contribution in [0.1, 0.15) is 12.5 Å². The molecule has 0 spiro atoms. The van der Waals surface area contributed by atoms with Crippen LogP contribution in [0, 0.1) is 11.3 Å². The molecule has 1 amide bonds. The van der Waals surface area contributed by atoms with Gasteiger partial charge in [-0.1, -0.05) is 0 Å². The highest BCUT2D eigenvalue weighted by Gasteiger charge is 2.18. The van der Waals surface area contributed by atoms with Gasteiger partial charge in [-0.15, -0.1) is 0 Å². The maximum atomic E-state index is 12.0. The molecule has 0 aliphatic rings. The van der Waals surface area contributed by atoms with Gasteiger partial charge < -0.3 is 24.3 Å². The summed E-state index contributed by atoms with van der Waals surface area (Å²) >= 11 is 0. The molecule has 0 saturated carbocycles. The molecule has 8 nitrogen and oxygen atoms in total. The zero-order chi connectivity index (χ0) is 20.5. The first-order valence-corrected chi connectivity index (χ1v) is 8.32. The number of benzene rings is 2. The van der Waals surface area contributed by atoms with Crippen molar-refractivity contribution in [2.75, 3.05) is 26.1 Å². The minimum Gasteiger partial charge on any atom is -0.497 e. The lowest BCUT2D eigenvalue weighted by Gasteiger charge is -2.14. The number of nitriles is 1. The largest absolute Gasteiger partial charge is 0.497 e. The average molecular weight is 384 g/mol. The van der Waals surface area contributed by atoms with Crippen LogP contribution in [0.4, 0.5) is 5.69 Å². The van der Waals surface area contributed by atoms with Crippen LogP contribution in [0.2, 0.25) is 0 Å². The van der Waals surface area contributed by atoms with E-state index in [1.807, 2.05) is 6.07 Å². The number of methoxy groups -OCH3 is 2. The summed E-state index contributed by atoms with van der Waals surface area (Å²) in [6.45, 7) is 1.03. The number of esters is 1. The molecule has 0 aliphatic carbocycles. The van der Waals surface area contributed by atoms with Crippen molar-refractivity contribution in [1.29, 1.82) is 5.26 Å². The van der Waals surface area contributed by atoms with Gasteiger partial charge in [0.1, 0.15) is 17.2 Å². The average Bonchev–Trinajstić information content (AvgIpc) is 2.72. The van der Waals surface area contributed by atoms with Gasteiger partial charge in [-0.25, -0.2) is 4.79 Å². The predicted octanol–water partition coefficient (Wildman–Crippen LogP) is 2.52. The van der Waals surface area contributed by atoms with Gasteiger partial charge in [-0.3, -0.25) is 4.79 Å². The molecule has 0 saturated heterocycles. The van der Waals surface area contributed by atoms with E-state index in [0.717, 1.165) is 0 Å². The number of rotatable bonds is 8. The fraction of sp³-hybridized carbons (Fsp3) is 0.250. The summed E-state index contributed by atoms with van der Waals surface area (Å²) in [5.41, 5.74) is 0.902. The number of carbonyl (C=O) groups is 2. The number of hydrogen-bond acceptors (Lipinski definition) is 7. The molecule has 8 heteroatoms. The first kappa shape index (κ1) is 20.6. The quantitative estimate of drug-likeness (QED) is 0.697. The molecular weight excluding hydrogens is 364 g/mol. The number of carbonyl (C=O) groups excluding carboxylic acids is 2. The first-order chi connectivity index (χ1) is 13.5. The Morgan fingerprint density at radius 1 is 1.07 bits per heavy atom. The standard InChI is InChI=1S/C20H20N2O6/c1-13(28-15-6-4-14(11-21)5-7-15)20(24)27-12-19(23)22-17-9-8-16(25-2)10-18(17)26-3/h4-10,13H,12H2,1-3H3,(H,22,23)/t13-/m0/s1. The molecule has 1 atom stereocenters. The van der Waals surface area contributed by atoms with Crippen molar-refractivity contribution in [3.05, 3.63) is 48.0 Å². The number of amides is 1. The summed E-state index contributed by atoms with van der Waals surface area (Å²) in [7, 11) is 2.99. The Balaban J connectivity index is 1.86. The van der Waals surface area contributed by atoms with Crippen LogP contribution in [-0.2, 0) is 14.3 Å². The van der Waals surface area contributed by atoms with Crippen molar-refractivity contribution in [3.63, 3.8) is 0 Å². The zero-order valence-electron chi connectivity index (χ0n) is 15.7. The summed E-state index contributed by atoms with van der Waals surface area (Å²) in [5, 5.41) is 11.4. The van der Waals surface area contributed by atoms with E-state index in [-0.39, 0.29) is 0 Å². The molecule has 0 radical (unpaired) electrons. The molecule has 1 N–H and O–H groups in total. The van der Waals surface area contributed by atoms with Crippen molar-refractivity contribution in [3.8, 4) is 23.3 Å². The van der Waals surface area contributed by atoms with Gasteiger partial charge in [0.25, 0.3) is 5.91 Å². The van der Waals surface area contributed by atoms with Gasteiger partial charge in [0.2, 0.25) is 0 Å². The van der Waals surface area contributed by atoms with Gasteiger partial charge in [0.15, 0.2) is 12.7 Å². The van der Waals surface area contributed by atoms with Crippen molar-refractivity contribution in [1.82, 2.24) is 0 Å². The van der Waals surface area contributed by atoms with E-state index in [1.54, 1.807) is 42.5 Å². The molecule has 28 heavy (non-hydrogen) atoms. The fourth-order valence-corrected chi connectivity index (χ4v) is 2.20. The van der Waals surface area contributed by atoms with Crippen molar-refractivity contribution in [2.24, 2.45) is 0 Å².